The number of carbonyl (C=O) groups is 1. The Bertz CT molecular complexity index is 367. The van der Waals surface area contributed by atoms with Gasteiger partial charge in [-0.3, -0.25) is 4.79 Å². The normalized spacial score (nSPS) is 21.0. The average Bonchev–Trinajstić information content (AvgIpc) is 2.51. The molecule has 5 nitrogen and oxygen atoms in total. The number of rotatable bonds is 3. The quantitative estimate of drug-likeness (QED) is 0.745. The van der Waals surface area contributed by atoms with Gasteiger partial charge in [-0.1, -0.05) is 13.8 Å². The Morgan fingerprint density at radius 2 is 1.88 bits per heavy atom. The van der Waals surface area contributed by atoms with Crippen molar-refractivity contribution in [3.63, 3.8) is 0 Å². The van der Waals surface area contributed by atoms with Crippen molar-refractivity contribution in [3.8, 4) is 0 Å². The molecule has 1 atom stereocenters. The van der Waals surface area contributed by atoms with Gasteiger partial charge in [0.15, 0.2) is 0 Å². The summed E-state index contributed by atoms with van der Waals surface area (Å²) < 4.78 is 24.3. The molecular weight excluding hydrogens is 240 g/mol. The highest BCUT2D eigenvalue weighted by atomic mass is 32.2. The minimum atomic E-state index is -3.13. The van der Waals surface area contributed by atoms with Crippen LogP contribution >= 0.6 is 0 Å². The fourth-order valence-electron chi connectivity index (χ4n) is 1.93. The van der Waals surface area contributed by atoms with Crippen molar-refractivity contribution in [2.45, 2.75) is 26.7 Å². The molecule has 1 aliphatic heterocycles. The lowest BCUT2D eigenvalue weighted by molar-refractivity contribution is -0.134. The monoisotopic (exact) mass is 262 g/mol. The molecule has 0 aromatic carbocycles. The number of sulfonamides is 1. The molecule has 0 aliphatic carbocycles. The van der Waals surface area contributed by atoms with E-state index in [2.05, 4.69) is 0 Å². The van der Waals surface area contributed by atoms with Gasteiger partial charge in [0, 0.05) is 32.1 Å². The predicted octanol–water partition coefficient (Wildman–Crippen LogP) is 0.526. The van der Waals surface area contributed by atoms with Crippen molar-refractivity contribution >= 4 is 15.9 Å². The molecule has 100 valence electrons. The summed E-state index contributed by atoms with van der Waals surface area (Å²) in [7, 11) is -3.13. The molecule has 0 radical (unpaired) electrons. The van der Waals surface area contributed by atoms with Crippen molar-refractivity contribution in [3.05, 3.63) is 0 Å². The molecule has 1 aliphatic rings. The van der Waals surface area contributed by atoms with E-state index >= 15 is 0 Å². The Morgan fingerprint density at radius 3 is 2.41 bits per heavy atom. The van der Waals surface area contributed by atoms with Crippen LogP contribution in [0, 0.1) is 5.92 Å². The van der Waals surface area contributed by atoms with E-state index in [0.29, 0.717) is 26.2 Å². The summed E-state index contributed by atoms with van der Waals surface area (Å²) in [6.07, 6.45) is 2.76. The fraction of sp³-hybridized carbons (Fsp3) is 0.909. The first-order chi connectivity index (χ1) is 7.86. The largest absolute Gasteiger partial charge is 0.341 e. The van der Waals surface area contributed by atoms with E-state index in [0.717, 1.165) is 12.8 Å². The molecule has 1 fully saturated rings. The molecule has 17 heavy (non-hydrogen) atoms. The highest BCUT2D eigenvalue weighted by molar-refractivity contribution is 7.88. The third-order valence-corrected chi connectivity index (χ3v) is 4.57. The van der Waals surface area contributed by atoms with Crippen LogP contribution in [0.25, 0.3) is 0 Å². The van der Waals surface area contributed by atoms with E-state index < -0.39 is 10.0 Å². The molecule has 0 unspecified atom stereocenters. The van der Waals surface area contributed by atoms with Gasteiger partial charge in [0.25, 0.3) is 0 Å². The van der Waals surface area contributed by atoms with Crippen LogP contribution in [0.15, 0.2) is 0 Å². The zero-order valence-electron chi connectivity index (χ0n) is 10.8. The zero-order chi connectivity index (χ0) is 13.1. The number of amides is 1. The van der Waals surface area contributed by atoms with E-state index in [4.69, 9.17) is 0 Å². The van der Waals surface area contributed by atoms with Crippen molar-refractivity contribution in [2.24, 2.45) is 5.92 Å². The first-order valence-corrected chi connectivity index (χ1v) is 7.95. The summed E-state index contributed by atoms with van der Waals surface area (Å²) in [5.74, 6) is 0.169. The highest BCUT2D eigenvalue weighted by Crippen LogP contribution is 2.11. The summed E-state index contributed by atoms with van der Waals surface area (Å²) in [4.78, 5) is 13.8. The van der Waals surface area contributed by atoms with Crippen LogP contribution in [-0.2, 0) is 14.8 Å². The van der Waals surface area contributed by atoms with E-state index in [1.54, 1.807) is 4.90 Å². The van der Waals surface area contributed by atoms with Gasteiger partial charge in [0.2, 0.25) is 15.9 Å². The summed E-state index contributed by atoms with van der Waals surface area (Å²) in [6, 6.07) is 0. The standard InChI is InChI=1S/C11H22N2O3S/c1-4-10(2)11(14)12-6-5-7-13(9-8-12)17(3,15)16/h10H,4-9H2,1-3H3/t10-/m1/s1. The number of carbonyl (C=O) groups excluding carboxylic acids is 1. The lowest BCUT2D eigenvalue weighted by atomic mass is 10.1. The smallest absolute Gasteiger partial charge is 0.225 e. The molecule has 0 aromatic rings. The molecule has 1 saturated heterocycles. The zero-order valence-corrected chi connectivity index (χ0v) is 11.7. The average molecular weight is 262 g/mol. The van der Waals surface area contributed by atoms with Gasteiger partial charge in [-0.05, 0) is 12.8 Å². The Hall–Kier alpha value is -0.620. The molecular formula is C11H22N2O3S. The SMILES string of the molecule is CC[C@@H](C)C(=O)N1CCCN(S(C)(=O)=O)CC1. The Balaban J connectivity index is 2.62. The Kier molecular flexibility index (Phi) is 4.94. The molecule has 0 aromatic heterocycles. The van der Waals surface area contributed by atoms with Crippen molar-refractivity contribution in [2.75, 3.05) is 32.4 Å². The predicted molar refractivity (Wildman–Crippen MR) is 67.1 cm³/mol. The number of nitrogens with zero attached hydrogens (tertiary/aromatic N) is 2. The maximum atomic E-state index is 12.0. The molecule has 1 rings (SSSR count). The first kappa shape index (κ1) is 14.4. The second-order valence-corrected chi connectivity index (χ2v) is 6.63. The van der Waals surface area contributed by atoms with Crippen LogP contribution in [0.2, 0.25) is 0 Å². The van der Waals surface area contributed by atoms with E-state index in [1.807, 2.05) is 13.8 Å². The topological polar surface area (TPSA) is 57.7 Å². The third kappa shape index (κ3) is 3.96. The lowest BCUT2D eigenvalue weighted by Crippen LogP contribution is -2.39. The van der Waals surface area contributed by atoms with Crippen LogP contribution in [0.5, 0.6) is 0 Å². The van der Waals surface area contributed by atoms with E-state index in [1.165, 1.54) is 10.6 Å². The molecule has 1 heterocycles. The summed E-state index contributed by atoms with van der Waals surface area (Å²) in [6.45, 7) is 6.01. The van der Waals surface area contributed by atoms with Crippen molar-refractivity contribution in [1.29, 1.82) is 0 Å². The third-order valence-electron chi connectivity index (χ3n) is 3.27. The maximum absolute atomic E-state index is 12.0. The highest BCUT2D eigenvalue weighted by Gasteiger charge is 2.25. The van der Waals surface area contributed by atoms with Gasteiger partial charge in [-0.25, -0.2) is 12.7 Å². The summed E-state index contributed by atoms with van der Waals surface area (Å²) >= 11 is 0. The van der Waals surface area contributed by atoms with E-state index in [9.17, 15) is 13.2 Å². The maximum Gasteiger partial charge on any atom is 0.225 e. The van der Waals surface area contributed by atoms with Crippen LogP contribution in [-0.4, -0.2) is 56.0 Å². The minimum absolute atomic E-state index is 0.0276. The Morgan fingerprint density at radius 1 is 1.24 bits per heavy atom. The molecule has 0 bridgehead atoms. The van der Waals surface area contributed by atoms with Crippen molar-refractivity contribution in [1.82, 2.24) is 9.21 Å². The second-order valence-electron chi connectivity index (χ2n) is 4.65. The molecule has 6 heteroatoms. The van der Waals surface area contributed by atoms with Crippen LogP contribution in [0.3, 0.4) is 0 Å². The second kappa shape index (κ2) is 5.82. The van der Waals surface area contributed by atoms with Gasteiger partial charge in [-0.15, -0.1) is 0 Å². The van der Waals surface area contributed by atoms with Crippen LogP contribution in [0.4, 0.5) is 0 Å². The fourth-order valence-corrected chi connectivity index (χ4v) is 2.81. The Labute approximate surface area is 104 Å². The van der Waals surface area contributed by atoms with Gasteiger partial charge in [0.05, 0.1) is 6.26 Å². The van der Waals surface area contributed by atoms with Gasteiger partial charge < -0.3 is 4.90 Å². The molecule has 0 N–H and O–H groups in total. The van der Waals surface area contributed by atoms with Gasteiger partial charge in [-0.2, -0.15) is 0 Å². The molecule has 1 amide bonds. The van der Waals surface area contributed by atoms with Gasteiger partial charge in [0.1, 0.15) is 0 Å². The first-order valence-electron chi connectivity index (χ1n) is 6.10. The number of hydrogen-bond acceptors (Lipinski definition) is 3. The molecule has 0 spiro atoms. The van der Waals surface area contributed by atoms with Crippen LogP contribution < -0.4 is 0 Å². The van der Waals surface area contributed by atoms with Crippen LogP contribution in [0.1, 0.15) is 26.7 Å². The summed E-state index contributed by atoms with van der Waals surface area (Å²) in [5.41, 5.74) is 0. The minimum Gasteiger partial charge on any atom is -0.341 e. The van der Waals surface area contributed by atoms with Gasteiger partial charge >= 0.3 is 0 Å². The lowest BCUT2D eigenvalue weighted by Gasteiger charge is -2.23. The summed E-state index contributed by atoms with van der Waals surface area (Å²) in [5, 5.41) is 0. The van der Waals surface area contributed by atoms with Crippen molar-refractivity contribution < 1.29 is 13.2 Å². The number of hydrogen-bond donors (Lipinski definition) is 0. The molecule has 0 saturated carbocycles. The van der Waals surface area contributed by atoms with E-state index in [-0.39, 0.29) is 11.8 Å².